The van der Waals surface area contributed by atoms with Crippen molar-refractivity contribution in [1.29, 1.82) is 0 Å². The fraction of sp³-hybridized carbons (Fsp3) is 0.250. The Morgan fingerprint density at radius 2 is 1.88 bits per heavy atom. The van der Waals surface area contributed by atoms with E-state index in [0.29, 0.717) is 12.3 Å². The van der Waals surface area contributed by atoms with Crippen molar-refractivity contribution in [2.45, 2.75) is 19.6 Å². The van der Waals surface area contributed by atoms with Crippen molar-refractivity contribution in [2.24, 2.45) is 0 Å². The van der Waals surface area contributed by atoms with E-state index in [1.54, 1.807) is 19.2 Å². The highest BCUT2D eigenvalue weighted by Crippen LogP contribution is 2.40. The molecule has 2 aromatic heterocycles. The molecular formula is C16H14F3N3O2. The third-order valence-electron chi connectivity index (χ3n) is 3.71. The van der Waals surface area contributed by atoms with E-state index >= 15 is 0 Å². The summed E-state index contributed by atoms with van der Waals surface area (Å²) in [6.07, 6.45) is -3.48. The van der Waals surface area contributed by atoms with E-state index in [1.165, 1.54) is 17.8 Å². The highest BCUT2D eigenvalue weighted by molar-refractivity contribution is 5.83. The first-order valence-electron chi connectivity index (χ1n) is 7.06. The molecule has 2 heterocycles. The Bertz CT molecular complexity index is 886. The van der Waals surface area contributed by atoms with Gasteiger partial charge in [-0.1, -0.05) is 12.1 Å². The summed E-state index contributed by atoms with van der Waals surface area (Å²) in [6.45, 7) is 1.53. The highest BCUT2D eigenvalue weighted by Gasteiger charge is 2.38. The van der Waals surface area contributed by atoms with Gasteiger partial charge in [0.2, 0.25) is 0 Å². The average molecular weight is 337 g/mol. The first-order chi connectivity index (χ1) is 11.3. The van der Waals surface area contributed by atoms with Gasteiger partial charge >= 0.3 is 6.18 Å². The third kappa shape index (κ3) is 2.75. The molecule has 0 bridgehead atoms. The van der Waals surface area contributed by atoms with Crippen LogP contribution in [0.1, 0.15) is 16.8 Å². The van der Waals surface area contributed by atoms with Gasteiger partial charge in [-0.2, -0.15) is 18.3 Å². The second kappa shape index (κ2) is 5.70. The van der Waals surface area contributed by atoms with E-state index in [0.717, 1.165) is 5.56 Å². The Kier molecular flexibility index (Phi) is 3.82. The van der Waals surface area contributed by atoms with Gasteiger partial charge in [-0.15, -0.1) is 0 Å². The Labute approximate surface area is 135 Å². The molecule has 1 N–H and O–H groups in total. The number of pyridine rings is 1. The van der Waals surface area contributed by atoms with E-state index in [2.05, 4.69) is 10.1 Å². The maximum atomic E-state index is 13.0. The number of aromatic hydroxyl groups is 1. The van der Waals surface area contributed by atoms with Crippen LogP contribution in [-0.2, 0) is 12.7 Å². The largest absolute Gasteiger partial charge is 0.506 e. The number of benzene rings is 1. The lowest BCUT2D eigenvalue weighted by molar-refractivity contribution is -0.139. The standard InChI is InChI=1S/C16H14F3N3O2/c1-9-13(16(17,18)19)14(23)12-7-20-22(15(12)21-9)8-10-3-5-11(24-2)6-4-10/h3-7H,8H2,1-2H3,(H,21,23). The van der Waals surface area contributed by atoms with E-state index in [-0.39, 0.29) is 16.7 Å². The monoisotopic (exact) mass is 337 g/mol. The number of methoxy groups -OCH3 is 1. The lowest BCUT2D eigenvalue weighted by atomic mass is 10.1. The number of aryl methyl sites for hydroxylation is 1. The summed E-state index contributed by atoms with van der Waals surface area (Å²) in [5.41, 5.74) is -0.337. The Morgan fingerprint density at radius 3 is 2.46 bits per heavy atom. The number of halogens is 3. The number of rotatable bonds is 3. The molecular weight excluding hydrogens is 323 g/mol. The van der Waals surface area contributed by atoms with Crippen LogP contribution < -0.4 is 4.74 Å². The van der Waals surface area contributed by atoms with Crippen LogP contribution in [0.5, 0.6) is 11.5 Å². The lowest BCUT2D eigenvalue weighted by Crippen LogP contribution is -2.10. The fourth-order valence-corrected chi connectivity index (χ4v) is 2.54. The number of aromatic nitrogens is 3. The molecule has 0 aliphatic rings. The van der Waals surface area contributed by atoms with Gasteiger partial charge in [0, 0.05) is 0 Å². The van der Waals surface area contributed by atoms with E-state index in [4.69, 9.17) is 4.74 Å². The maximum absolute atomic E-state index is 13.0. The summed E-state index contributed by atoms with van der Waals surface area (Å²) < 4.78 is 45.6. The molecule has 0 atom stereocenters. The van der Waals surface area contributed by atoms with Gasteiger partial charge in [0.25, 0.3) is 0 Å². The smallest absolute Gasteiger partial charge is 0.421 e. The van der Waals surface area contributed by atoms with Crippen LogP contribution in [0.25, 0.3) is 11.0 Å². The Balaban J connectivity index is 2.04. The molecule has 3 rings (SSSR count). The quantitative estimate of drug-likeness (QED) is 0.794. The second-order valence-electron chi connectivity index (χ2n) is 5.31. The van der Waals surface area contributed by atoms with Crippen LogP contribution in [0, 0.1) is 6.92 Å². The molecule has 0 aliphatic carbocycles. The van der Waals surface area contributed by atoms with Crippen LogP contribution in [0.3, 0.4) is 0 Å². The number of fused-ring (bicyclic) bond motifs is 1. The number of ether oxygens (including phenoxy) is 1. The van der Waals surface area contributed by atoms with Crippen LogP contribution in [0.15, 0.2) is 30.5 Å². The highest BCUT2D eigenvalue weighted by atomic mass is 19.4. The summed E-state index contributed by atoms with van der Waals surface area (Å²) in [6, 6.07) is 7.20. The first kappa shape index (κ1) is 16.1. The zero-order chi connectivity index (χ0) is 17.5. The van der Waals surface area contributed by atoms with E-state index in [1.807, 2.05) is 12.1 Å². The average Bonchev–Trinajstić information content (AvgIpc) is 2.90. The van der Waals surface area contributed by atoms with Crippen LogP contribution in [-0.4, -0.2) is 27.0 Å². The molecule has 3 aromatic rings. The summed E-state index contributed by atoms with van der Waals surface area (Å²) in [7, 11) is 1.56. The number of alkyl halides is 3. The third-order valence-corrected chi connectivity index (χ3v) is 3.71. The zero-order valence-electron chi connectivity index (χ0n) is 12.9. The van der Waals surface area contributed by atoms with Crippen LogP contribution in [0.2, 0.25) is 0 Å². The van der Waals surface area contributed by atoms with Gasteiger partial charge < -0.3 is 9.84 Å². The fourth-order valence-electron chi connectivity index (χ4n) is 2.54. The molecule has 8 heteroatoms. The summed E-state index contributed by atoms with van der Waals surface area (Å²) in [5, 5.41) is 14.0. The molecule has 1 aromatic carbocycles. The van der Waals surface area contributed by atoms with Crippen molar-refractivity contribution in [2.75, 3.05) is 7.11 Å². The summed E-state index contributed by atoms with van der Waals surface area (Å²) in [5.74, 6) is -0.142. The SMILES string of the molecule is COc1ccc(Cn2ncc3c(O)c(C(F)(F)F)c(C)nc32)cc1. The van der Waals surface area contributed by atoms with Gasteiger partial charge in [-0.05, 0) is 24.6 Å². The second-order valence-corrected chi connectivity index (χ2v) is 5.31. The maximum Gasteiger partial charge on any atom is 0.421 e. The first-order valence-corrected chi connectivity index (χ1v) is 7.06. The topological polar surface area (TPSA) is 60.2 Å². The van der Waals surface area contributed by atoms with Gasteiger partial charge in [0.1, 0.15) is 17.1 Å². The molecule has 5 nitrogen and oxygen atoms in total. The molecule has 0 aliphatic heterocycles. The molecule has 0 saturated carbocycles. The van der Waals surface area contributed by atoms with Gasteiger partial charge in [0.05, 0.1) is 30.9 Å². The molecule has 0 saturated heterocycles. The lowest BCUT2D eigenvalue weighted by Gasteiger charge is -2.12. The van der Waals surface area contributed by atoms with Crippen LogP contribution >= 0.6 is 0 Å². The molecule has 0 spiro atoms. The van der Waals surface area contributed by atoms with Crippen molar-refractivity contribution in [1.82, 2.24) is 14.8 Å². The minimum absolute atomic E-state index is 0.0264. The van der Waals surface area contributed by atoms with Crippen LogP contribution in [0.4, 0.5) is 13.2 Å². The molecule has 0 radical (unpaired) electrons. The minimum Gasteiger partial charge on any atom is -0.506 e. The van der Waals surface area contributed by atoms with Crippen molar-refractivity contribution >= 4 is 11.0 Å². The molecule has 126 valence electrons. The summed E-state index contributed by atoms with van der Waals surface area (Å²) >= 11 is 0. The van der Waals surface area contributed by atoms with Gasteiger partial charge in [0.15, 0.2) is 5.65 Å². The Hall–Kier alpha value is -2.77. The van der Waals surface area contributed by atoms with Crippen molar-refractivity contribution in [3.05, 3.63) is 47.3 Å². The predicted molar refractivity (Wildman–Crippen MR) is 81.0 cm³/mol. The number of nitrogens with zero attached hydrogens (tertiary/aromatic N) is 3. The molecule has 0 amide bonds. The molecule has 0 fully saturated rings. The van der Waals surface area contributed by atoms with Gasteiger partial charge in [-0.25, -0.2) is 9.67 Å². The molecule has 24 heavy (non-hydrogen) atoms. The zero-order valence-corrected chi connectivity index (χ0v) is 12.9. The van der Waals surface area contributed by atoms with Crippen molar-refractivity contribution in [3.8, 4) is 11.5 Å². The summed E-state index contributed by atoms with van der Waals surface area (Å²) in [4.78, 5) is 3.99. The normalized spacial score (nSPS) is 11.9. The van der Waals surface area contributed by atoms with E-state index in [9.17, 15) is 18.3 Å². The minimum atomic E-state index is -4.67. The van der Waals surface area contributed by atoms with Crippen molar-refractivity contribution < 1.29 is 23.0 Å². The molecule has 0 unspecified atom stereocenters. The number of hydrogen-bond donors (Lipinski definition) is 1. The van der Waals surface area contributed by atoms with Crippen molar-refractivity contribution in [3.63, 3.8) is 0 Å². The van der Waals surface area contributed by atoms with Gasteiger partial charge in [-0.3, -0.25) is 0 Å². The predicted octanol–water partition coefficient (Wildman–Crippen LogP) is 3.52. The van der Waals surface area contributed by atoms with E-state index < -0.39 is 17.5 Å². The Morgan fingerprint density at radius 1 is 1.21 bits per heavy atom. The number of hydrogen-bond acceptors (Lipinski definition) is 4.